The van der Waals surface area contributed by atoms with Gasteiger partial charge in [-0.3, -0.25) is 0 Å². The Morgan fingerprint density at radius 3 is 2.50 bits per heavy atom. The van der Waals surface area contributed by atoms with Gasteiger partial charge in [0.05, 0.1) is 12.7 Å². The van der Waals surface area contributed by atoms with E-state index < -0.39 is 5.60 Å². The van der Waals surface area contributed by atoms with Gasteiger partial charge in [-0.25, -0.2) is 9.67 Å². The standard InChI is InChI=1S/C15H21N3O2/c1-11(2)18-14(16-10-17-18)9-15(3,19)12-5-7-13(20-4)8-6-12/h5-8,10-11,19H,9H2,1-4H3. The summed E-state index contributed by atoms with van der Waals surface area (Å²) < 4.78 is 6.96. The molecule has 1 N–H and O–H groups in total. The zero-order chi connectivity index (χ0) is 14.8. The molecule has 1 aromatic carbocycles. The third kappa shape index (κ3) is 2.99. The zero-order valence-corrected chi connectivity index (χ0v) is 12.4. The van der Waals surface area contributed by atoms with Crippen LogP contribution in [-0.2, 0) is 12.0 Å². The molecule has 1 heterocycles. The highest BCUT2D eigenvalue weighted by Crippen LogP contribution is 2.26. The molecule has 2 rings (SSSR count). The molecule has 5 heteroatoms. The van der Waals surface area contributed by atoms with Crippen molar-refractivity contribution in [1.29, 1.82) is 0 Å². The molecule has 20 heavy (non-hydrogen) atoms. The number of methoxy groups -OCH3 is 1. The SMILES string of the molecule is COc1ccc(C(C)(O)Cc2ncnn2C(C)C)cc1. The van der Waals surface area contributed by atoms with E-state index in [0.717, 1.165) is 17.1 Å². The van der Waals surface area contributed by atoms with Crippen LogP contribution in [0.4, 0.5) is 0 Å². The first-order valence-electron chi connectivity index (χ1n) is 6.69. The fourth-order valence-corrected chi connectivity index (χ4v) is 2.19. The van der Waals surface area contributed by atoms with Crippen molar-refractivity contribution >= 4 is 0 Å². The van der Waals surface area contributed by atoms with Crippen molar-refractivity contribution < 1.29 is 9.84 Å². The first-order valence-corrected chi connectivity index (χ1v) is 6.69. The Bertz CT molecular complexity index is 559. The van der Waals surface area contributed by atoms with Crippen LogP contribution in [0.15, 0.2) is 30.6 Å². The molecule has 108 valence electrons. The first kappa shape index (κ1) is 14.5. The Labute approximate surface area is 119 Å². The Balaban J connectivity index is 2.23. The quantitative estimate of drug-likeness (QED) is 0.909. The zero-order valence-electron chi connectivity index (χ0n) is 12.4. The summed E-state index contributed by atoms with van der Waals surface area (Å²) in [6, 6.07) is 7.65. The minimum absolute atomic E-state index is 0.221. The van der Waals surface area contributed by atoms with Crippen LogP contribution in [0.3, 0.4) is 0 Å². The van der Waals surface area contributed by atoms with Crippen LogP contribution in [-0.4, -0.2) is 27.0 Å². The van der Waals surface area contributed by atoms with E-state index in [1.807, 2.05) is 42.8 Å². The van der Waals surface area contributed by atoms with Gasteiger partial charge < -0.3 is 9.84 Å². The number of aromatic nitrogens is 3. The van der Waals surface area contributed by atoms with Gasteiger partial charge in [-0.2, -0.15) is 5.10 Å². The number of rotatable bonds is 5. The lowest BCUT2D eigenvalue weighted by molar-refractivity contribution is 0.0539. The van der Waals surface area contributed by atoms with Crippen LogP contribution in [0.5, 0.6) is 5.75 Å². The van der Waals surface area contributed by atoms with Crippen molar-refractivity contribution in [2.45, 2.75) is 38.8 Å². The van der Waals surface area contributed by atoms with Gasteiger partial charge in [0, 0.05) is 12.5 Å². The van der Waals surface area contributed by atoms with Gasteiger partial charge in [-0.05, 0) is 38.5 Å². The van der Waals surface area contributed by atoms with Gasteiger partial charge >= 0.3 is 0 Å². The molecular formula is C15H21N3O2. The third-order valence-electron chi connectivity index (χ3n) is 3.35. The summed E-state index contributed by atoms with van der Waals surface area (Å²) >= 11 is 0. The average Bonchev–Trinajstić information content (AvgIpc) is 2.86. The van der Waals surface area contributed by atoms with Crippen LogP contribution in [0.25, 0.3) is 0 Å². The molecule has 5 nitrogen and oxygen atoms in total. The number of aliphatic hydroxyl groups is 1. The smallest absolute Gasteiger partial charge is 0.138 e. The lowest BCUT2D eigenvalue weighted by atomic mass is 9.92. The first-order chi connectivity index (χ1) is 9.44. The molecule has 1 atom stereocenters. The number of nitrogens with zero attached hydrogens (tertiary/aromatic N) is 3. The minimum Gasteiger partial charge on any atom is -0.497 e. The van der Waals surface area contributed by atoms with E-state index in [1.165, 1.54) is 6.33 Å². The highest BCUT2D eigenvalue weighted by molar-refractivity contribution is 5.31. The number of hydrogen-bond donors (Lipinski definition) is 1. The molecule has 0 aliphatic rings. The molecule has 0 saturated heterocycles. The van der Waals surface area contributed by atoms with Gasteiger partial charge in [-0.15, -0.1) is 0 Å². The molecule has 0 amide bonds. The van der Waals surface area contributed by atoms with Crippen molar-refractivity contribution in [2.24, 2.45) is 0 Å². The van der Waals surface area contributed by atoms with E-state index >= 15 is 0 Å². The highest BCUT2D eigenvalue weighted by Gasteiger charge is 2.26. The lowest BCUT2D eigenvalue weighted by Crippen LogP contribution is -2.26. The average molecular weight is 275 g/mol. The van der Waals surface area contributed by atoms with Crippen molar-refractivity contribution in [1.82, 2.24) is 14.8 Å². The predicted molar refractivity (Wildman–Crippen MR) is 76.7 cm³/mol. The summed E-state index contributed by atoms with van der Waals surface area (Å²) in [5.41, 5.74) is -0.164. The topological polar surface area (TPSA) is 60.2 Å². The molecule has 0 radical (unpaired) electrons. The number of benzene rings is 1. The molecule has 0 aliphatic heterocycles. The van der Waals surface area contributed by atoms with Crippen molar-refractivity contribution in [3.8, 4) is 5.75 Å². The van der Waals surface area contributed by atoms with Crippen molar-refractivity contribution in [2.75, 3.05) is 7.11 Å². The van der Waals surface area contributed by atoms with Gasteiger partial charge in [-0.1, -0.05) is 12.1 Å². The monoisotopic (exact) mass is 275 g/mol. The Morgan fingerprint density at radius 2 is 1.95 bits per heavy atom. The molecule has 1 aromatic heterocycles. The summed E-state index contributed by atoms with van der Waals surface area (Å²) in [5, 5.41) is 14.9. The van der Waals surface area contributed by atoms with E-state index in [9.17, 15) is 5.11 Å². The molecule has 0 spiro atoms. The maximum atomic E-state index is 10.7. The predicted octanol–water partition coefficient (Wildman–Crippen LogP) is 2.32. The molecule has 0 bridgehead atoms. The van der Waals surface area contributed by atoms with E-state index in [0.29, 0.717) is 6.42 Å². The molecule has 0 fully saturated rings. The molecule has 0 aliphatic carbocycles. The van der Waals surface area contributed by atoms with Crippen LogP contribution in [0.1, 0.15) is 38.2 Å². The fourth-order valence-electron chi connectivity index (χ4n) is 2.19. The third-order valence-corrected chi connectivity index (χ3v) is 3.35. The maximum absolute atomic E-state index is 10.7. The van der Waals surface area contributed by atoms with Gasteiger partial charge in [0.1, 0.15) is 17.9 Å². The molecule has 0 saturated carbocycles. The highest BCUT2D eigenvalue weighted by atomic mass is 16.5. The second kappa shape index (κ2) is 5.63. The number of ether oxygens (including phenoxy) is 1. The fraction of sp³-hybridized carbons (Fsp3) is 0.467. The second-order valence-electron chi connectivity index (χ2n) is 5.39. The molecule has 1 unspecified atom stereocenters. The van der Waals surface area contributed by atoms with Crippen molar-refractivity contribution in [3.05, 3.63) is 42.0 Å². The van der Waals surface area contributed by atoms with Gasteiger partial charge in [0.2, 0.25) is 0 Å². The Hall–Kier alpha value is -1.88. The van der Waals surface area contributed by atoms with E-state index in [1.54, 1.807) is 14.0 Å². The normalized spacial score (nSPS) is 14.3. The maximum Gasteiger partial charge on any atom is 0.138 e. The van der Waals surface area contributed by atoms with Crippen LogP contribution < -0.4 is 4.74 Å². The largest absolute Gasteiger partial charge is 0.497 e. The van der Waals surface area contributed by atoms with E-state index in [2.05, 4.69) is 10.1 Å². The summed E-state index contributed by atoms with van der Waals surface area (Å²) in [6.45, 7) is 5.87. The molecule has 2 aromatic rings. The summed E-state index contributed by atoms with van der Waals surface area (Å²) in [6.07, 6.45) is 1.94. The van der Waals surface area contributed by atoms with Crippen molar-refractivity contribution in [3.63, 3.8) is 0 Å². The number of hydrogen-bond acceptors (Lipinski definition) is 4. The van der Waals surface area contributed by atoms with Crippen LogP contribution in [0, 0.1) is 0 Å². The Morgan fingerprint density at radius 1 is 1.30 bits per heavy atom. The lowest BCUT2D eigenvalue weighted by Gasteiger charge is -2.24. The van der Waals surface area contributed by atoms with E-state index in [-0.39, 0.29) is 6.04 Å². The van der Waals surface area contributed by atoms with E-state index in [4.69, 9.17) is 4.74 Å². The van der Waals surface area contributed by atoms with Gasteiger partial charge in [0.15, 0.2) is 0 Å². The summed E-state index contributed by atoms with van der Waals surface area (Å²) in [7, 11) is 1.62. The van der Waals surface area contributed by atoms with Gasteiger partial charge in [0.25, 0.3) is 0 Å². The van der Waals surface area contributed by atoms with Crippen LogP contribution in [0.2, 0.25) is 0 Å². The summed E-state index contributed by atoms with van der Waals surface area (Å²) in [5.74, 6) is 1.55. The van der Waals surface area contributed by atoms with Crippen LogP contribution >= 0.6 is 0 Å². The molecular weight excluding hydrogens is 254 g/mol. The summed E-state index contributed by atoms with van der Waals surface area (Å²) in [4.78, 5) is 4.25. The Kier molecular flexibility index (Phi) is 4.09. The second-order valence-corrected chi connectivity index (χ2v) is 5.39. The minimum atomic E-state index is -0.994.